The van der Waals surface area contributed by atoms with Gasteiger partial charge >= 0.3 is 12.0 Å². The number of methoxy groups -OCH3 is 1. The number of carboxylic acids is 1. The molecule has 0 saturated carbocycles. The highest BCUT2D eigenvalue weighted by Gasteiger charge is 2.19. The fourth-order valence-corrected chi connectivity index (χ4v) is 1.71. The molecule has 3 N–H and O–H groups in total. The molecule has 1 atom stereocenters. The van der Waals surface area contributed by atoms with Gasteiger partial charge in [-0.15, -0.1) is 0 Å². The number of hydrogen-bond acceptors (Lipinski definition) is 3. The first-order valence-corrected chi connectivity index (χ1v) is 6.56. The molecule has 0 spiro atoms. The van der Waals surface area contributed by atoms with Gasteiger partial charge in [0.25, 0.3) is 0 Å². The Balaban J connectivity index is 2.56. The van der Waals surface area contributed by atoms with Gasteiger partial charge in [0.1, 0.15) is 11.9 Å². The van der Waals surface area contributed by atoms with E-state index >= 15 is 0 Å². The summed E-state index contributed by atoms with van der Waals surface area (Å²) < 4.78 is 18.0. The van der Waals surface area contributed by atoms with Crippen molar-refractivity contribution in [2.24, 2.45) is 0 Å². The predicted molar refractivity (Wildman–Crippen MR) is 76.1 cm³/mol. The summed E-state index contributed by atoms with van der Waals surface area (Å²) in [6.45, 7) is 0.398. The van der Waals surface area contributed by atoms with Crippen molar-refractivity contribution in [3.63, 3.8) is 0 Å². The van der Waals surface area contributed by atoms with Gasteiger partial charge in [0.05, 0.1) is 5.02 Å². The molecule has 6 nitrogen and oxygen atoms in total. The van der Waals surface area contributed by atoms with Crippen LogP contribution in [-0.4, -0.2) is 36.9 Å². The fourth-order valence-electron chi connectivity index (χ4n) is 1.59. The number of carbonyl (C=O) groups excluding carboxylic acids is 1. The van der Waals surface area contributed by atoms with Crippen molar-refractivity contribution in [3.8, 4) is 0 Å². The fraction of sp³-hybridized carbons (Fsp3) is 0.385. The van der Waals surface area contributed by atoms with Gasteiger partial charge in [-0.25, -0.2) is 14.0 Å². The SMILES string of the molecule is COCCCC(NC(=O)Nc1ccc(Cl)c(F)c1)C(=O)O. The van der Waals surface area contributed by atoms with Crippen molar-refractivity contribution in [2.45, 2.75) is 18.9 Å². The van der Waals surface area contributed by atoms with E-state index in [9.17, 15) is 14.0 Å². The van der Waals surface area contributed by atoms with Crippen molar-refractivity contribution in [1.82, 2.24) is 5.32 Å². The summed E-state index contributed by atoms with van der Waals surface area (Å²) in [5.41, 5.74) is 0.176. The van der Waals surface area contributed by atoms with Crippen LogP contribution in [0.1, 0.15) is 12.8 Å². The van der Waals surface area contributed by atoms with Crippen molar-refractivity contribution in [2.75, 3.05) is 19.0 Å². The van der Waals surface area contributed by atoms with Crippen LogP contribution in [0.2, 0.25) is 5.02 Å². The van der Waals surface area contributed by atoms with Crippen molar-refractivity contribution >= 4 is 29.3 Å². The number of benzene rings is 1. The maximum absolute atomic E-state index is 13.2. The molecule has 0 aromatic heterocycles. The third-order valence-electron chi connectivity index (χ3n) is 2.62. The van der Waals surface area contributed by atoms with Crippen LogP contribution >= 0.6 is 11.6 Å². The number of halogens is 2. The molecular weight excluding hydrogens is 303 g/mol. The Morgan fingerprint density at radius 3 is 2.76 bits per heavy atom. The maximum Gasteiger partial charge on any atom is 0.326 e. The highest BCUT2D eigenvalue weighted by molar-refractivity contribution is 6.30. The van der Waals surface area contributed by atoms with Gasteiger partial charge in [0.2, 0.25) is 0 Å². The Hall–Kier alpha value is -1.86. The van der Waals surface area contributed by atoms with Crippen LogP contribution in [-0.2, 0) is 9.53 Å². The Morgan fingerprint density at radius 1 is 1.48 bits per heavy atom. The first kappa shape index (κ1) is 17.2. The Morgan fingerprint density at radius 2 is 2.19 bits per heavy atom. The summed E-state index contributed by atoms with van der Waals surface area (Å²) >= 11 is 5.52. The summed E-state index contributed by atoms with van der Waals surface area (Å²) in [6, 6.07) is 1.97. The minimum absolute atomic E-state index is 0.0658. The number of carboxylic acid groups (broad SMARTS) is 1. The lowest BCUT2D eigenvalue weighted by Gasteiger charge is -2.15. The standard InChI is InChI=1S/C13H16ClFN2O4/c1-21-6-2-3-11(12(18)19)17-13(20)16-8-4-5-9(14)10(15)7-8/h4-5,7,11H,2-3,6H2,1H3,(H,18,19)(H2,16,17,20). The van der Waals surface area contributed by atoms with E-state index in [0.717, 1.165) is 6.07 Å². The molecular formula is C13H16ClFN2O4. The average molecular weight is 319 g/mol. The second-order valence-electron chi connectivity index (χ2n) is 4.25. The molecule has 8 heteroatoms. The van der Waals surface area contributed by atoms with Crippen LogP contribution in [0.25, 0.3) is 0 Å². The number of carbonyl (C=O) groups is 2. The van der Waals surface area contributed by atoms with Gasteiger partial charge in [-0.05, 0) is 31.0 Å². The van der Waals surface area contributed by atoms with Gasteiger partial charge < -0.3 is 20.5 Å². The molecule has 0 aliphatic heterocycles. The molecule has 0 saturated heterocycles. The number of urea groups is 1. The van der Waals surface area contributed by atoms with Crippen molar-refractivity contribution in [1.29, 1.82) is 0 Å². The second kappa shape index (κ2) is 8.43. The lowest BCUT2D eigenvalue weighted by atomic mass is 10.1. The van der Waals surface area contributed by atoms with Gasteiger partial charge in [0.15, 0.2) is 0 Å². The molecule has 2 amide bonds. The number of ether oxygens (including phenoxy) is 1. The minimum atomic E-state index is -1.15. The first-order chi connectivity index (χ1) is 9.93. The van der Waals surface area contributed by atoms with E-state index in [1.54, 1.807) is 0 Å². The highest BCUT2D eigenvalue weighted by Crippen LogP contribution is 2.18. The number of anilines is 1. The summed E-state index contributed by atoms with van der Waals surface area (Å²) in [5.74, 6) is -1.83. The minimum Gasteiger partial charge on any atom is -0.480 e. The van der Waals surface area contributed by atoms with E-state index < -0.39 is 23.9 Å². The van der Waals surface area contributed by atoms with Crippen LogP contribution in [0.3, 0.4) is 0 Å². The quantitative estimate of drug-likeness (QED) is 0.674. The van der Waals surface area contributed by atoms with Crippen LogP contribution in [0, 0.1) is 5.82 Å². The molecule has 116 valence electrons. The Labute approximate surface area is 126 Å². The normalized spacial score (nSPS) is 11.8. The molecule has 0 aliphatic carbocycles. The Kier molecular flexibility index (Phi) is 6.90. The zero-order chi connectivity index (χ0) is 15.8. The highest BCUT2D eigenvalue weighted by atomic mass is 35.5. The number of rotatable bonds is 7. The van der Waals surface area contributed by atoms with Crippen LogP contribution in [0.5, 0.6) is 0 Å². The van der Waals surface area contributed by atoms with E-state index in [0.29, 0.717) is 13.0 Å². The maximum atomic E-state index is 13.2. The predicted octanol–water partition coefficient (Wildman–Crippen LogP) is 2.48. The third-order valence-corrected chi connectivity index (χ3v) is 2.93. The molecule has 0 fully saturated rings. The summed E-state index contributed by atoms with van der Waals surface area (Å²) in [4.78, 5) is 22.7. The second-order valence-corrected chi connectivity index (χ2v) is 4.66. The molecule has 0 heterocycles. The molecule has 1 aromatic rings. The van der Waals surface area contributed by atoms with E-state index in [1.165, 1.54) is 19.2 Å². The number of hydrogen-bond donors (Lipinski definition) is 3. The van der Waals surface area contributed by atoms with Crippen molar-refractivity contribution in [3.05, 3.63) is 29.0 Å². The first-order valence-electron chi connectivity index (χ1n) is 6.18. The molecule has 21 heavy (non-hydrogen) atoms. The lowest BCUT2D eigenvalue weighted by molar-refractivity contribution is -0.139. The number of amides is 2. The molecule has 1 rings (SSSR count). The van der Waals surface area contributed by atoms with E-state index in [4.69, 9.17) is 21.4 Å². The topological polar surface area (TPSA) is 87.7 Å². The van der Waals surface area contributed by atoms with Crippen LogP contribution < -0.4 is 10.6 Å². The zero-order valence-electron chi connectivity index (χ0n) is 11.4. The number of aliphatic carboxylic acids is 1. The molecule has 0 aliphatic rings. The molecule has 1 aromatic carbocycles. The smallest absolute Gasteiger partial charge is 0.326 e. The number of nitrogens with one attached hydrogen (secondary N) is 2. The van der Waals surface area contributed by atoms with Crippen molar-refractivity contribution < 1.29 is 23.8 Å². The summed E-state index contributed by atoms with van der Waals surface area (Å²) in [6.07, 6.45) is 0.717. The van der Waals surface area contributed by atoms with Gasteiger partial charge in [-0.1, -0.05) is 11.6 Å². The molecule has 0 bridgehead atoms. The summed E-state index contributed by atoms with van der Waals surface area (Å²) in [7, 11) is 1.50. The van der Waals surface area contributed by atoms with E-state index in [1.807, 2.05) is 0 Å². The molecule has 0 radical (unpaired) electrons. The van der Waals surface area contributed by atoms with E-state index in [2.05, 4.69) is 10.6 Å². The summed E-state index contributed by atoms with van der Waals surface area (Å²) in [5, 5.41) is 13.6. The largest absolute Gasteiger partial charge is 0.480 e. The van der Waals surface area contributed by atoms with Gasteiger partial charge in [0, 0.05) is 19.4 Å². The lowest BCUT2D eigenvalue weighted by Crippen LogP contribution is -2.43. The average Bonchev–Trinajstić information content (AvgIpc) is 2.42. The molecule has 1 unspecified atom stereocenters. The monoisotopic (exact) mass is 318 g/mol. The Bertz CT molecular complexity index is 513. The van der Waals surface area contributed by atoms with Gasteiger partial charge in [-0.2, -0.15) is 0 Å². The van der Waals surface area contributed by atoms with Crippen LogP contribution in [0.15, 0.2) is 18.2 Å². The van der Waals surface area contributed by atoms with Crippen LogP contribution in [0.4, 0.5) is 14.9 Å². The third kappa shape index (κ3) is 5.97. The van der Waals surface area contributed by atoms with Gasteiger partial charge in [-0.3, -0.25) is 0 Å². The zero-order valence-corrected chi connectivity index (χ0v) is 12.1. The van der Waals surface area contributed by atoms with E-state index in [-0.39, 0.29) is 17.1 Å².